The van der Waals surface area contributed by atoms with Gasteiger partial charge in [0.25, 0.3) is 0 Å². The van der Waals surface area contributed by atoms with Crippen LogP contribution in [0.2, 0.25) is 0 Å². The number of hydroxylamine groups is 1. The lowest BCUT2D eigenvalue weighted by Gasteiger charge is -2.05. The number of aromatic nitrogens is 4. The molecule has 0 aliphatic carbocycles. The molecule has 1 aromatic carbocycles. The highest BCUT2D eigenvalue weighted by molar-refractivity contribution is 5.74. The number of para-hydroxylation sites is 1. The molecule has 3 N–H and O–H groups in total. The van der Waals surface area contributed by atoms with E-state index in [0.717, 1.165) is 5.69 Å². The van der Waals surface area contributed by atoms with Gasteiger partial charge in [0.2, 0.25) is 5.91 Å². The Bertz CT molecular complexity index is 512. The predicted molar refractivity (Wildman–Crippen MR) is 61.1 cm³/mol. The van der Waals surface area contributed by atoms with Crippen molar-refractivity contribution >= 4 is 5.91 Å². The van der Waals surface area contributed by atoms with Crippen molar-refractivity contribution < 1.29 is 9.63 Å². The smallest absolute Gasteiger partial charge is 0.245 e. The summed E-state index contributed by atoms with van der Waals surface area (Å²) >= 11 is 0. The maximum Gasteiger partial charge on any atom is 0.245 e. The van der Waals surface area contributed by atoms with E-state index in [4.69, 9.17) is 10.6 Å². The van der Waals surface area contributed by atoms with Crippen molar-refractivity contribution in [2.24, 2.45) is 5.73 Å². The number of benzene rings is 1. The van der Waals surface area contributed by atoms with Gasteiger partial charge in [-0.05, 0) is 22.6 Å². The lowest BCUT2D eigenvalue weighted by molar-refractivity contribution is -0.125. The molecule has 0 radical (unpaired) electrons. The van der Waals surface area contributed by atoms with Gasteiger partial charge in [-0.15, -0.1) is 5.10 Å². The molecule has 8 heteroatoms. The molecule has 0 aliphatic rings. The van der Waals surface area contributed by atoms with Crippen molar-refractivity contribution in [1.29, 1.82) is 0 Å². The van der Waals surface area contributed by atoms with Crippen molar-refractivity contribution in [3.05, 3.63) is 36.2 Å². The average Bonchev–Trinajstić information content (AvgIpc) is 2.84. The first-order valence-electron chi connectivity index (χ1n) is 5.23. The summed E-state index contributed by atoms with van der Waals surface area (Å²) in [4.78, 5) is 15.3. The van der Waals surface area contributed by atoms with E-state index in [9.17, 15) is 4.79 Å². The van der Waals surface area contributed by atoms with Gasteiger partial charge in [-0.2, -0.15) is 10.2 Å². The molecule has 0 unspecified atom stereocenters. The second-order valence-electron chi connectivity index (χ2n) is 3.42. The third kappa shape index (κ3) is 3.09. The zero-order chi connectivity index (χ0) is 12.8. The molecule has 8 nitrogen and oxygen atoms in total. The summed E-state index contributed by atoms with van der Waals surface area (Å²) in [5.41, 5.74) is 8.33. The molecule has 0 aliphatic heterocycles. The fourth-order valence-electron chi connectivity index (χ4n) is 1.32. The number of amides is 1. The Labute approximate surface area is 103 Å². The normalized spacial score (nSPS) is 10.4. The van der Waals surface area contributed by atoms with Crippen LogP contribution in [0.15, 0.2) is 30.3 Å². The van der Waals surface area contributed by atoms with Gasteiger partial charge >= 0.3 is 0 Å². The highest BCUT2D eigenvalue weighted by Gasteiger charge is 2.07. The van der Waals surface area contributed by atoms with Gasteiger partial charge in [-0.1, -0.05) is 18.2 Å². The molecule has 0 saturated heterocycles. The molecule has 1 amide bonds. The van der Waals surface area contributed by atoms with E-state index < -0.39 is 5.91 Å². The Morgan fingerprint density at radius 3 is 2.89 bits per heavy atom. The van der Waals surface area contributed by atoms with E-state index >= 15 is 0 Å². The van der Waals surface area contributed by atoms with E-state index in [0.29, 0.717) is 5.82 Å². The lowest BCUT2D eigenvalue weighted by atomic mass is 10.3. The van der Waals surface area contributed by atoms with Gasteiger partial charge in [0, 0.05) is 0 Å². The Morgan fingerprint density at radius 2 is 2.17 bits per heavy atom. The standard InChI is InChI=1S/C10H12N6O2/c11-9(17)7-18-12-6-10-13-14-15-16(10)8-4-2-1-3-5-8/h1-5,12H,6-7H2,(H2,11,17). The van der Waals surface area contributed by atoms with Gasteiger partial charge in [0.1, 0.15) is 6.61 Å². The summed E-state index contributed by atoms with van der Waals surface area (Å²) in [6.07, 6.45) is 0. The third-order valence-corrected chi connectivity index (χ3v) is 2.08. The highest BCUT2D eigenvalue weighted by Crippen LogP contribution is 2.06. The van der Waals surface area contributed by atoms with Crippen molar-refractivity contribution in [3.8, 4) is 5.69 Å². The van der Waals surface area contributed by atoms with Crippen LogP contribution in [0, 0.1) is 0 Å². The van der Waals surface area contributed by atoms with Crippen LogP contribution in [-0.4, -0.2) is 32.7 Å². The van der Waals surface area contributed by atoms with Gasteiger partial charge in [0.15, 0.2) is 5.82 Å². The molecule has 0 fully saturated rings. The fourth-order valence-corrected chi connectivity index (χ4v) is 1.32. The number of hydrogen-bond donors (Lipinski definition) is 2. The fraction of sp³-hybridized carbons (Fsp3) is 0.200. The van der Waals surface area contributed by atoms with E-state index in [1.54, 1.807) is 4.68 Å². The monoisotopic (exact) mass is 248 g/mol. The number of rotatable bonds is 6. The van der Waals surface area contributed by atoms with E-state index in [1.807, 2.05) is 30.3 Å². The molecule has 0 bridgehead atoms. The number of primary amides is 1. The molecule has 1 aromatic heterocycles. The highest BCUT2D eigenvalue weighted by atomic mass is 16.6. The minimum Gasteiger partial charge on any atom is -0.368 e. The number of hydrogen-bond acceptors (Lipinski definition) is 6. The van der Waals surface area contributed by atoms with Gasteiger partial charge in [-0.25, -0.2) is 0 Å². The summed E-state index contributed by atoms with van der Waals surface area (Å²) < 4.78 is 1.57. The van der Waals surface area contributed by atoms with Gasteiger partial charge in [-0.3, -0.25) is 9.63 Å². The minimum absolute atomic E-state index is 0.201. The van der Waals surface area contributed by atoms with Crippen LogP contribution in [0.5, 0.6) is 0 Å². The molecule has 94 valence electrons. The maximum absolute atomic E-state index is 10.5. The van der Waals surface area contributed by atoms with Crippen LogP contribution >= 0.6 is 0 Å². The summed E-state index contributed by atoms with van der Waals surface area (Å²) in [5, 5.41) is 11.3. The van der Waals surface area contributed by atoms with Gasteiger partial charge < -0.3 is 5.73 Å². The molecule has 0 atom stereocenters. The second-order valence-corrected chi connectivity index (χ2v) is 3.42. The third-order valence-electron chi connectivity index (χ3n) is 2.08. The first kappa shape index (κ1) is 12.1. The average molecular weight is 248 g/mol. The summed E-state index contributed by atoms with van der Waals surface area (Å²) in [5.74, 6) is 0.0100. The number of nitrogens with one attached hydrogen (secondary N) is 1. The number of carbonyl (C=O) groups is 1. The minimum atomic E-state index is -0.551. The predicted octanol–water partition coefficient (Wildman–Crippen LogP) is -0.831. The molecular formula is C10H12N6O2. The molecule has 2 rings (SSSR count). The molecular weight excluding hydrogens is 236 g/mol. The number of nitrogens with two attached hydrogens (primary N) is 1. The number of nitrogens with zero attached hydrogens (tertiary/aromatic N) is 4. The molecule has 2 aromatic rings. The maximum atomic E-state index is 10.5. The van der Waals surface area contributed by atoms with E-state index in [-0.39, 0.29) is 13.2 Å². The Morgan fingerprint density at radius 1 is 1.39 bits per heavy atom. The van der Waals surface area contributed by atoms with E-state index in [1.165, 1.54) is 0 Å². The Hall–Kier alpha value is -2.32. The van der Waals surface area contributed by atoms with Crippen molar-refractivity contribution in [3.63, 3.8) is 0 Å². The van der Waals surface area contributed by atoms with Crippen molar-refractivity contribution in [2.75, 3.05) is 6.61 Å². The van der Waals surface area contributed by atoms with Crippen molar-refractivity contribution in [1.82, 2.24) is 25.7 Å². The SMILES string of the molecule is NC(=O)CONCc1nnnn1-c1ccccc1. The molecule has 0 saturated carbocycles. The zero-order valence-electron chi connectivity index (χ0n) is 9.48. The molecule has 18 heavy (non-hydrogen) atoms. The second kappa shape index (κ2) is 5.84. The Kier molecular flexibility index (Phi) is 3.94. The first-order chi connectivity index (χ1) is 8.77. The largest absolute Gasteiger partial charge is 0.368 e. The molecule has 0 spiro atoms. The first-order valence-corrected chi connectivity index (χ1v) is 5.23. The van der Waals surface area contributed by atoms with Crippen molar-refractivity contribution in [2.45, 2.75) is 6.54 Å². The van der Waals surface area contributed by atoms with Gasteiger partial charge in [0.05, 0.1) is 12.2 Å². The number of carbonyl (C=O) groups excluding carboxylic acids is 1. The molecule has 1 heterocycles. The van der Waals surface area contributed by atoms with E-state index in [2.05, 4.69) is 21.0 Å². The van der Waals surface area contributed by atoms with Crippen LogP contribution in [0.1, 0.15) is 5.82 Å². The van der Waals surface area contributed by atoms with Crippen LogP contribution in [0.25, 0.3) is 5.69 Å². The Balaban J connectivity index is 1.98. The summed E-state index contributed by atoms with van der Waals surface area (Å²) in [7, 11) is 0. The zero-order valence-corrected chi connectivity index (χ0v) is 9.48. The van der Waals surface area contributed by atoms with Crippen LogP contribution in [0.4, 0.5) is 0 Å². The lowest BCUT2D eigenvalue weighted by Crippen LogP contribution is -2.25. The van der Waals surface area contributed by atoms with Crippen LogP contribution in [-0.2, 0) is 16.2 Å². The number of tetrazole rings is 1. The summed E-state index contributed by atoms with van der Waals surface area (Å²) in [6.45, 7) is 0.0576. The van der Waals surface area contributed by atoms with Crippen LogP contribution in [0.3, 0.4) is 0 Å². The summed E-state index contributed by atoms with van der Waals surface area (Å²) in [6, 6.07) is 9.44. The quantitative estimate of drug-likeness (QED) is 0.510. The topological polar surface area (TPSA) is 108 Å². The van der Waals surface area contributed by atoms with Crippen LogP contribution < -0.4 is 11.2 Å².